The Morgan fingerprint density at radius 1 is 1.59 bits per heavy atom. The molecule has 0 radical (unpaired) electrons. The molecule has 88 valence electrons. The molecule has 0 bridgehead atoms. The van der Waals surface area contributed by atoms with Crippen molar-refractivity contribution in [2.45, 2.75) is 18.9 Å². The fourth-order valence-corrected chi connectivity index (χ4v) is 2.24. The molecular formula is C13H12BrFN2. The number of halogens is 2. The fraction of sp³-hybridized carbons (Fsp3) is 0.308. The van der Waals surface area contributed by atoms with Gasteiger partial charge in [-0.1, -0.05) is 6.08 Å². The molecule has 0 aliphatic heterocycles. The highest BCUT2D eigenvalue weighted by atomic mass is 79.9. The highest BCUT2D eigenvalue weighted by molar-refractivity contribution is 9.10. The van der Waals surface area contributed by atoms with E-state index < -0.39 is 0 Å². The minimum atomic E-state index is -0.363. The molecule has 1 saturated carbocycles. The molecule has 1 aliphatic rings. The summed E-state index contributed by atoms with van der Waals surface area (Å²) in [6.07, 6.45) is 3.94. The van der Waals surface area contributed by atoms with E-state index in [9.17, 15) is 4.39 Å². The molecule has 1 aliphatic carbocycles. The first kappa shape index (κ1) is 12.1. The second-order valence-corrected chi connectivity index (χ2v) is 4.84. The summed E-state index contributed by atoms with van der Waals surface area (Å²) in [5.41, 5.74) is 0.860. The zero-order chi connectivity index (χ0) is 12.4. The van der Waals surface area contributed by atoms with E-state index in [-0.39, 0.29) is 10.3 Å². The maximum absolute atomic E-state index is 14.1. The van der Waals surface area contributed by atoms with Crippen LogP contribution in [0.15, 0.2) is 29.3 Å². The van der Waals surface area contributed by atoms with Crippen LogP contribution < -0.4 is 4.90 Å². The van der Waals surface area contributed by atoms with E-state index in [2.05, 4.69) is 22.5 Å². The third-order valence-electron chi connectivity index (χ3n) is 2.81. The van der Waals surface area contributed by atoms with Gasteiger partial charge in [0, 0.05) is 12.6 Å². The van der Waals surface area contributed by atoms with Crippen molar-refractivity contribution < 1.29 is 4.39 Å². The van der Waals surface area contributed by atoms with E-state index in [1.807, 2.05) is 11.0 Å². The van der Waals surface area contributed by atoms with Gasteiger partial charge in [0.05, 0.1) is 15.7 Å². The fourth-order valence-electron chi connectivity index (χ4n) is 1.82. The van der Waals surface area contributed by atoms with Crippen LogP contribution >= 0.6 is 15.9 Å². The number of benzene rings is 1. The Morgan fingerprint density at radius 3 is 2.82 bits per heavy atom. The molecule has 1 aromatic carbocycles. The highest BCUT2D eigenvalue weighted by Crippen LogP contribution is 2.36. The molecule has 0 unspecified atom stereocenters. The van der Waals surface area contributed by atoms with Crippen LogP contribution in [-0.2, 0) is 0 Å². The van der Waals surface area contributed by atoms with Crippen molar-refractivity contribution >= 4 is 21.6 Å². The van der Waals surface area contributed by atoms with Gasteiger partial charge in [-0.3, -0.25) is 0 Å². The topological polar surface area (TPSA) is 27.0 Å². The van der Waals surface area contributed by atoms with Gasteiger partial charge < -0.3 is 4.90 Å². The van der Waals surface area contributed by atoms with Gasteiger partial charge in [-0.2, -0.15) is 5.26 Å². The van der Waals surface area contributed by atoms with Crippen LogP contribution in [0.5, 0.6) is 0 Å². The monoisotopic (exact) mass is 294 g/mol. The van der Waals surface area contributed by atoms with Crippen LogP contribution in [0.3, 0.4) is 0 Å². The predicted molar refractivity (Wildman–Crippen MR) is 69.4 cm³/mol. The number of nitrogens with zero attached hydrogens (tertiary/aromatic N) is 2. The van der Waals surface area contributed by atoms with E-state index in [1.165, 1.54) is 0 Å². The Labute approximate surface area is 108 Å². The van der Waals surface area contributed by atoms with E-state index in [4.69, 9.17) is 5.26 Å². The van der Waals surface area contributed by atoms with E-state index in [1.54, 1.807) is 18.2 Å². The minimum Gasteiger partial charge on any atom is -0.362 e. The van der Waals surface area contributed by atoms with Crippen molar-refractivity contribution in [3.63, 3.8) is 0 Å². The highest BCUT2D eigenvalue weighted by Gasteiger charge is 2.30. The van der Waals surface area contributed by atoms with Crippen LogP contribution in [0.4, 0.5) is 10.1 Å². The van der Waals surface area contributed by atoms with Crippen molar-refractivity contribution in [3.8, 4) is 6.07 Å². The lowest BCUT2D eigenvalue weighted by atomic mass is 10.2. The lowest BCUT2D eigenvalue weighted by Gasteiger charge is -2.24. The molecule has 2 rings (SSSR count). The van der Waals surface area contributed by atoms with E-state index in [0.29, 0.717) is 23.8 Å². The molecule has 0 saturated heterocycles. The maximum atomic E-state index is 14.1. The largest absolute Gasteiger partial charge is 0.362 e. The summed E-state index contributed by atoms with van der Waals surface area (Å²) in [4.78, 5) is 1.99. The minimum absolute atomic E-state index is 0.243. The maximum Gasteiger partial charge on any atom is 0.162 e. The molecule has 0 amide bonds. The average molecular weight is 295 g/mol. The first-order valence-corrected chi connectivity index (χ1v) is 6.24. The normalized spacial score (nSPS) is 14.2. The zero-order valence-corrected chi connectivity index (χ0v) is 10.9. The van der Waals surface area contributed by atoms with Crippen LogP contribution in [0, 0.1) is 17.1 Å². The molecule has 2 nitrogen and oxygen atoms in total. The molecule has 4 heteroatoms. The number of anilines is 1. The first-order valence-electron chi connectivity index (χ1n) is 5.44. The predicted octanol–water partition coefficient (Wildman–Crippen LogP) is 3.61. The molecule has 0 aromatic heterocycles. The van der Waals surface area contributed by atoms with Crippen molar-refractivity contribution in [3.05, 3.63) is 40.6 Å². The Bertz CT molecular complexity index is 489. The molecule has 0 N–H and O–H groups in total. The molecule has 1 aromatic rings. The van der Waals surface area contributed by atoms with Gasteiger partial charge in [-0.25, -0.2) is 4.39 Å². The smallest absolute Gasteiger partial charge is 0.162 e. The molecule has 1 fully saturated rings. The number of hydrogen-bond donors (Lipinski definition) is 0. The van der Waals surface area contributed by atoms with Gasteiger partial charge in [-0.15, -0.1) is 6.58 Å². The standard InChI is InChI=1S/C13H12BrFN2/c1-2-7-17(10-4-5-10)11-6-3-9(8-16)12(14)13(11)15/h2-3,6,10H,1,4-5,7H2. The van der Waals surface area contributed by atoms with Crippen LogP contribution in [0.25, 0.3) is 0 Å². The van der Waals surface area contributed by atoms with E-state index >= 15 is 0 Å². The SMILES string of the molecule is C=CCN(c1ccc(C#N)c(Br)c1F)C1CC1. The van der Waals surface area contributed by atoms with Gasteiger partial charge in [-0.05, 0) is 40.9 Å². The lowest BCUT2D eigenvalue weighted by molar-refractivity contribution is 0.612. The zero-order valence-electron chi connectivity index (χ0n) is 9.29. The Balaban J connectivity index is 2.40. The van der Waals surface area contributed by atoms with Gasteiger partial charge in [0.25, 0.3) is 0 Å². The Hall–Kier alpha value is -1.34. The van der Waals surface area contributed by atoms with Crippen molar-refractivity contribution in [1.29, 1.82) is 5.26 Å². The van der Waals surface area contributed by atoms with Crippen LogP contribution in [0.1, 0.15) is 18.4 Å². The summed E-state index contributed by atoms with van der Waals surface area (Å²) >= 11 is 3.13. The number of hydrogen-bond acceptors (Lipinski definition) is 2. The molecule has 0 heterocycles. The summed E-state index contributed by atoms with van der Waals surface area (Å²) in [6.45, 7) is 4.32. The molecule has 17 heavy (non-hydrogen) atoms. The lowest BCUT2D eigenvalue weighted by Crippen LogP contribution is -2.26. The average Bonchev–Trinajstić information content (AvgIpc) is 3.14. The third-order valence-corrected chi connectivity index (χ3v) is 3.58. The second kappa shape index (κ2) is 4.89. The first-order chi connectivity index (χ1) is 8.19. The van der Waals surface area contributed by atoms with Crippen molar-refractivity contribution in [1.82, 2.24) is 0 Å². The van der Waals surface area contributed by atoms with Crippen molar-refractivity contribution in [2.75, 3.05) is 11.4 Å². The quantitative estimate of drug-likeness (QED) is 0.793. The summed E-state index contributed by atoms with van der Waals surface area (Å²) < 4.78 is 14.4. The Kier molecular flexibility index (Phi) is 3.49. The molecular weight excluding hydrogens is 283 g/mol. The van der Waals surface area contributed by atoms with Gasteiger partial charge in [0.1, 0.15) is 6.07 Å². The van der Waals surface area contributed by atoms with E-state index in [0.717, 1.165) is 12.8 Å². The number of nitriles is 1. The number of rotatable bonds is 4. The Morgan fingerprint density at radius 2 is 2.29 bits per heavy atom. The van der Waals surface area contributed by atoms with Crippen LogP contribution in [0.2, 0.25) is 0 Å². The van der Waals surface area contributed by atoms with Crippen molar-refractivity contribution in [2.24, 2.45) is 0 Å². The molecule has 0 atom stereocenters. The van der Waals surface area contributed by atoms with Crippen LogP contribution in [-0.4, -0.2) is 12.6 Å². The summed E-state index contributed by atoms with van der Waals surface area (Å²) in [7, 11) is 0. The summed E-state index contributed by atoms with van der Waals surface area (Å²) in [5.74, 6) is -0.363. The second-order valence-electron chi connectivity index (χ2n) is 4.04. The van der Waals surface area contributed by atoms with Gasteiger partial charge >= 0.3 is 0 Å². The summed E-state index contributed by atoms with van der Waals surface area (Å²) in [5, 5.41) is 8.82. The van der Waals surface area contributed by atoms with Gasteiger partial charge in [0.15, 0.2) is 5.82 Å². The summed E-state index contributed by atoms with van der Waals surface area (Å²) in [6, 6.07) is 5.67. The molecule has 0 spiro atoms. The third kappa shape index (κ3) is 2.34. The van der Waals surface area contributed by atoms with Gasteiger partial charge in [0.2, 0.25) is 0 Å².